The average Bonchev–Trinajstić information content (AvgIpc) is 3.30. The molecule has 2 aliphatic heterocycles. The molecule has 0 saturated carbocycles. The molecule has 2 heterocycles. The largest absolute Gasteiger partial charge is 0.464 e. The molecule has 2 aromatic rings. The van der Waals surface area contributed by atoms with E-state index in [-0.39, 0.29) is 21.7 Å². The third-order valence-corrected chi connectivity index (χ3v) is 7.47. The van der Waals surface area contributed by atoms with Gasteiger partial charge in [0.1, 0.15) is 4.32 Å². The van der Waals surface area contributed by atoms with Crippen LogP contribution in [0.1, 0.15) is 56.7 Å². The van der Waals surface area contributed by atoms with Gasteiger partial charge in [-0.3, -0.25) is 14.5 Å². The molecule has 2 aliphatic rings. The maximum absolute atomic E-state index is 13.8. The van der Waals surface area contributed by atoms with Crippen molar-refractivity contribution in [2.75, 3.05) is 18.1 Å². The van der Waals surface area contributed by atoms with Gasteiger partial charge in [-0.05, 0) is 25.0 Å². The van der Waals surface area contributed by atoms with Crippen LogP contribution in [0.4, 0.5) is 5.69 Å². The van der Waals surface area contributed by atoms with Crippen LogP contribution in [0.15, 0.2) is 59.5 Å². The second kappa shape index (κ2) is 11.2. The van der Waals surface area contributed by atoms with Gasteiger partial charge in [0.25, 0.3) is 11.8 Å². The molecule has 8 heteroatoms. The molecule has 2 aromatic carbocycles. The van der Waals surface area contributed by atoms with E-state index in [4.69, 9.17) is 17.0 Å². The van der Waals surface area contributed by atoms with Crippen LogP contribution < -0.4 is 4.90 Å². The van der Waals surface area contributed by atoms with Crippen molar-refractivity contribution >= 4 is 57.3 Å². The number of hydrogen-bond donors (Lipinski definition) is 0. The van der Waals surface area contributed by atoms with Crippen LogP contribution >= 0.6 is 24.0 Å². The SMILES string of the molecule is CCCCCCN1C(=O)/C(=C2\SC(=S)N(C(C(=O)OCC)c3ccccc3)C2=O)c2ccccc21. The topological polar surface area (TPSA) is 66.9 Å². The van der Waals surface area contributed by atoms with E-state index in [0.29, 0.717) is 17.7 Å². The van der Waals surface area contributed by atoms with Crippen molar-refractivity contribution in [1.29, 1.82) is 0 Å². The van der Waals surface area contributed by atoms with Crippen LogP contribution in [0, 0.1) is 0 Å². The minimum absolute atomic E-state index is 0.177. The monoisotopic (exact) mass is 508 g/mol. The molecule has 35 heavy (non-hydrogen) atoms. The molecule has 0 aliphatic carbocycles. The second-order valence-corrected chi connectivity index (χ2v) is 9.99. The summed E-state index contributed by atoms with van der Waals surface area (Å²) in [6.45, 7) is 4.64. The van der Waals surface area contributed by atoms with Gasteiger partial charge in [-0.15, -0.1) is 0 Å². The summed E-state index contributed by atoms with van der Waals surface area (Å²) < 4.78 is 5.52. The van der Waals surface area contributed by atoms with Crippen LogP contribution in [0.2, 0.25) is 0 Å². The summed E-state index contributed by atoms with van der Waals surface area (Å²) in [6, 6.07) is 15.5. The molecule has 1 saturated heterocycles. The number of rotatable bonds is 9. The number of benzene rings is 2. The van der Waals surface area contributed by atoms with E-state index in [9.17, 15) is 14.4 Å². The van der Waals surface area contributed by atoms with E-state index in [1.165, 1.54) is 4.90 Å². The zero-order chi connectivity index (χ0) is 24.9. The van der Waals surface area contributed by atoms with Gasteiger partial charge >= 0.3 is 5.97 Å². The summed E-state index contributed by atoms with van der Waals surface area (Å²) in [7, 11) is 0. The zero-order valence-corrected chi connectivity index (χ0v) is 21.5. The van der Waals surface area contributed by atoms with Crippen molar-refractivity contribution in [2.24, 2.45) is 0 Å². The number of anilines is 1. The first-order chi connectivity index (χ1) is 17.0. The molecule has 1 unspecified atom stereocenters. The molecule has 0 spiro atoms. The van der Waals surface area contributed by atoms with Crippen LogP contribution in [0.25, 0.3) is 5.57 Å². The Morgan fingerprint density at radius 3 is 2.40 bits per heavy atom. The molecule has 0 aromatic heterocycles. The minimum atomic E-state index is -1.02. The number of thiocarbonyl (C=S) groups is 1. The average molecular weight is 509 g/mol. The van der Waals surface area contributed by atoms with Gasteiger partial charge < -0.3 is 9.64 Å². The van der Waals surface area contributed by atoms with Crippen molar-refractivity contribution in [1.82, 2.24) is 4.90 Å². The van der Waals surface area contributed by atoms with E-state index in [1.54, 1.807) is 36.1 Å². The maximum atomic E-state index is 13.8. The first-order valence-electron chi connectivity index (χ1n) is 11.9. The first kappa shape index (κ1) is 25.1. The smallest absolute Gasteiger partial charge is 0.333 e. The highest BCUT2D eigenvalue weighted by Gasteiger charge is 2.46. The Balaban J connectivity index is 1.72. The van der Waals surface area contributed by atoms with Crippen LogP contribution in [-0.2, 0) is 19.1 Å². The molecule has 2 amide bonds. The molecule has 4 rings (SSSR count). The predicted molar refractivity (Wildman–Crippen MR) is 143 cm³/mol. The molecule has 0 radical (unpaired) electrons. The highest BCUT2D eigenvalue weighted by Crippen LogP contribution is 2.46. The standard InChI is InChI=1S/C27H28N2O4S2/c1-3-5-6-12-17-28-20-16-11-10-15-19(20)21(24(28)30)23-25(31)29(27(34)35-23)22(26(32)33-4-2)18-13-8-7-9-14-18/h7-11,13-16,22H,3-6,12,17H2,1-2H3/b23-21-. The maximum Gasteiger partial charge on any atom is 0.333 e. The lowest BCUT2D eigenvalue weighted by Gasteiger charge is -2.25. The number of ether oxygens (including phenoxy) is 1. The van der Waals surface area contributed by atoms with Gasteiger partial charge in [0.05, 0.1) is 22.8 Å². The van der Waals surface area contributed by atoms with Crippen molar-refractivity contribution < 1.29 is 19.1 Å². The zero-order valence-electron chi connectivity index (χ0n) is 19.9. The molecule has 0 N–H and O–H groups in total. The fourth-order valence-electron chi connectivity index (χ4n) is 4.42. The summed E-state index contributed by atoms with van der Waals surface area (Å²) in [5.74, 6) is -1.21. The molecular weight excluding hydrogens is 480 g/mol. The molecule has 0 bridgehead atoms. The van der Waals surface area contributed by atoms with Crippen LogP contribution in [-0.4, -0.2) is 40.2 Å². The summed E-state index contributed by atoms with van der Waals surface area (Å²) in [6.07, 6.45) is 4.16. The minimum Gasteiger partial charge on any atom is -0.464 e. The fourth-order valence-corrected chi connectivity index (χ4v) is 5.80. The number of carbonyl (C=O) groups is 3. The third kappa shape index (κ3) is 4.90. The van der Waals surface area contributed by atoms with Crippen LogP contribution in [0.5, 0.6) is 0 Å². The number of amides is 2. The van der Waals surface area contributed by atoms with E-state index in [1.807, 2.05) is 30.3 Å². The van der Waals surface area contributed by atoms with Gasteiger partial charge in [0, 0.05) is 12.1 Å². The van der Waals surface area contributed by atoms with E-state index >= 15 is 0 Å². The number of para-hydroxylation sites is 1. The Kier molecular flexibility index (Phi) is 8.03. The van der Waals surface area contributed by atoms with Gasteiger partial charge in [0.2, 0.25) is 0 Å². The summed E-state index contributed by atoms with van der Waals surface area (Å²) in [4.78, 5) is 43.6. The molecule has 6 nitrogen and oxygen atoms in total. The quantitative estimate of drug-likeness (QED) is 0.193. The lowest BCUT2D eigenvalue weighted by Crippen LogP contribution is -2.38. The van der Waals surface area contributed by atoms with Crippen LogP contribution in [0.3, 0.4) is 0 Å². The number of unbranched alkanes of at least 4 members (excludes halogenated alkanes) is 3. The van der Waals surface area contributed by atoms with E-state index < -0.39 is 17.9 Å². The number of thioether (sulfide) groups is 1. The van der Waals surface area contributed by atoms with Crippen molar-refractivity contribution in [3.8, 4) is 0 Å². The number of fused-ring (bicyclic) bond motifs is 1. The number of esters is 1. The molecule has 1 atom stereocenters. The van der Waals surface area contributed by atoms with Gasteiger partial charge in [0.15, 0.2) is 6.04 Å². The summed E-state index contributed by atoms with van der Waals surface area (Å²) in [5.41, 5.74) is 2.48. The predicted octanol–water partition coefficient (Wildman–Crippen LogP) is 5.49. The second-order valence-electron chi connectivity index (χ2n) is 8.35. The lowest BCUT2D eigenvalue weighted by molar-refractivity contribution is -0.151. The fraction of sp³-hybridized carbons (Fsp3) is 0.333. The Hall–Kier alpha value is -2.97. The number of carbonyl (C=O) groups excluding carboxylic acids is 3. The van der Waals surface area contributed by atoms with E-state index in [0.717, 1.165) is 48.7 Å². The highest BCUT2D eigenvalue weighted by atomic mass is 32.2. The highest BCUT2D eigenvalue weighted by molar-refractivity contribution is 8.26. The molecule has 182 valence electrons. The Morgan fingerprint density at radius 2 is 1.69 bits per heavy atom. The summed E-state index contributed by atoms with van der Waals surface area (Å²) >= 11 is 6.65. The Morgan fingerprint density at radius 1 is 0.971 bits per heavy atom. The third-order valence-electron chi connectivity index (χ3n) is 6.07. The van der Waals surface area contributed by atoms with Crippen molar-refractivity contribution in [3.05, 3.63) is 70.6 Å². The Bertz CT molecular complexity index is 1180. The molecular formula is C27H28N2O4S2. The van der Waals surface area contributed by atoms with Crippen molar-refractivity contribution in [3.63, 3.8) is 0 Å². The van der Waals surface area contributed by atoms with E-state index in [2.05, 4.69) is 6.92 Å². The summed E-state index contributed by atoms with van der Waals surface area (Å²) in [5, 5.41) is 0. The lowest BCUT2D eigenvalue weighted by atomic mass is 10.0. The van der Waals surface area contributed by atoms with Gasteiger partial charge in [-0.2, -0.15) is 0 Å². The normalized spacial score (nSPS) is 18.3. The Labute approximate surface area is 215 Å². The van der Waals surface area contributed by atoms with Crippen molar-refractivity contribution in [2.45, 2.75) is 45.6 Å². The number of hydrogen-bond acceptors (Lipinski definition) is 6. The molecule has 1 fully saturated rings. The first-order valence-corrected chi connectivity index (χ1v) is 13.1. The van der Waals surface area contributed by atoms with Gasteiger partial charge in [-0.1, -0.05) is 98.7 Å². The number of nitrogens with zero attached hydrogens (tertiary/aromatic N) is 2. The van der Waals surface area contributed by atoms with Gasteiger partial charge in [-0.25, -0.2) is 4.79 Å².